The maximum Gasteiger partial charge on any atom is 0.247 e. The molecule has 42 heavy (non-hydrogen) atoms. The molecule has 0 radical (unpaired) electrons. The van der Waals surface area contributed by atoms with Gasteiger partial charge < -0.3 is 24.5 Å². The number of aliphatic hydroxyl groups excluding tert-OH is 1. The Balaban J connectivity index is 1.55. The van der Waals surface area contributed by atoms with Gasteiger partial charge in [-0.05, 0) is 49.9 Å². The van der Waals surface area contributed by atoms with Crippen LogP contribution in [0.1, 0.15) is 53.4 Å². The summed E-state index contributed by atoms with van der Waals surface area (Å²) in [6.07, 6.45) is 11.7. The molecule has 0 aromatic heterocycles. The Labute approximate surface area is 254 Å². The highest BCUT2D eigenvalue weighted by molar-refractivity contribution is 8.02. The molecule has 1 aromatic carbocycles. The Hall–Kier alpha value is -2.78. The monoisotopic (exact) mass is 595 g/mol. The van der Waals surface area contributed by atoms with Crippen molar-refractivity contribution in [3.63, 3.8) is 0 Å². The molecule has 5 rings (SSSR count). The van der Waals surface area contributed by atoms with E-state index < -0.39 is 28.7 Å². The Morgan fingerprint density at radius 1 is 1.02 bits per heavy atom. The van der Waals surface area contributed by atoms with Gasteiger partial charge in [0.15, 0.2) is 0 Å². The number of hydrogen-bond acceptors (Lipinski definition) is 6. The fraction of sp³-hybridized carbons (Fsp3) is 0.606. The summed E-state index contributed by atoms with van der Waals surface area (Å²) in [6.45, 7) is 10.1. The van der Waals surface area contributed by atoms with Crippen LogP contribution >= 0.6 is 11.8 Å². The van der Waals surface area contributed by atoms with Crippen LogP contribution < -0.4 is 9.64 Å². The fourth-order valence-electron chi connectivity index (χ4n) is 7.21. The second-order valence-corrected chi connectivity index (χ2v) is 13.7. The summed E-state index contributed by atoms with van der Waals surface area (Å²) < 4.78 is 4.72. The summed E-state index contributed by atoms with van der Waals surface area (Å²) in [6, 6.07) is 6.24. The van der Waals surface area contributed by atoms with Crippen LogP contribution in [0.2, 0.25) is 0 Å². The number of amides is 3. The quantitative estimate of drug-likeness (QED) is 0.304. The highest BCUT2D eigenvalue weighted by Crippen LogP contribution is 2.61. The van der Waals surface area contributed by atoms with Crippen LogP contribution in [0.4, 0.5) is 5.69 Å². The highest BCUT2D eigenvalue weighted by Gasteiger charge is 2.71. The number of aliphatic hydroxyl groups is 1. The van der Waals surface area contributed by atoms with Crippen molar-refractivity contribution in [3.05, 3.63) is 48.6 Å². The number of benzene rings is 1. The maximum absolute atomic E-state index is 14.6. The van der Waals surface area contributed by atoms with E-state index in [-0.39, 0.29) is 35.5 Å². The van der Waals surface area contributed by atoms with E-state index in [0.717, 1.165) is 30.7 Å². The predicted octanol–water partition coefficient (Wildman–Crippen LogP) is 4.28. The lowest BCUT2D eigenvalue weighted by atomic mass is 9.78. The molecule has 4 heterocycles. The van der Waals surface area contributed by atoms with Crippen LogP contribution in [0, 0.1) is 17.8 Å². The second-order valence-electron chi connectivity index (χ2n) is 12.3. The van der Waals surface area contributed by atoms with E-state index in [1.165, 1.54) is 0 Å². The molecule has 1 spiro atoms. The standard InChI is InChI=1S/C33H45N3O5S/c1-5-7-8-17-34-18-10-16-33-28(31(39)36(29(33)32(34)40)24(21-37)20-22(3)4)27-26(42-33)11-9-19-35(30(27)38)23-12-14-25(15-13-23)41-6-2/h9-16,22,24,26-29,37H,5-8,17-21H2,1-4H3/t24-,26+,27-,28+,29?,33+/m1/s1. The molecule has 2 saturated heterocycles. The largest absolute Gasteiger partial charge is 0.494 e. The van der Waals surface area contributed by atoms with Crippen LogP contribution in [-0.2, 0) is 14.4 Å². The molecule has 2 fully saturated rings. The van der Waals surface area contributed by atoms with Gasteiger partial charge in [0.05, 0.1) is 35.8 Å². The number of ether oxygens (including phenoxy) is 1. The highest BCUT2D eigenvalue weighted by atomic mass is 32.2. The smallest absolute Gasteiger partial charge is 0.247 e. The van der Waals surface area contributed by atoms with Gasteiger partial charge in [0, 0.05) is 30.6 Å². The number of nitrogens with zero attached hydrogens (tertiary/aromatic N) is 3. The molecule has 1 N–H and O–H groups in total. The summed E-state index contributed by atoms with van der Waals surface area (Å²) >= 11 is 1.59. The predicted molar refractivity (Wildman–Crippen MR) is 166 cm³/mol. The summed E-state index contributed by atoms with van der Waals surface area (Å²) in [7, 11) is 0. The third kappa shape index (κ3) is 5.39. The summed E-state index contributed by atoms with van der Waals surface area (Å²) in [4.78, 5) is 48.8. The molecule has 1 aromatic rings. The topological polar surface area (TPSA) is 90.4 Å². The number of rotatable bonds is 11. The minimum absolute atomic E-state index is 0.0714. The Morgan fingerprint density at radius 2 is 1.79 bits per heavy atom. The first-order valence-corrected chi connectivity index (χ1v) is 16.4. The minimum atomic E-state index is -0.880. The average molecular weight is 596 g/mol. The van der Waals surface area contributed by atoms with E-state index >= 15 is 0 Å². The van der Waals surface area contributed by atoms with Gasteiger partial charge in [-0.15, -0.1) is 11.8 Å². The van der Waals surface area contributed by atoms with Crippen LogP contribution in [-0.4, -0.2) is 87.6 Å². The first kappa shape index (κ1) is 30.7. The zero-order chi connectivity index (χ0) is 30.0. The Kier molecular flexibility index (Phi) is 9.38. The number of likely N-dealkylation sites (tertiary alicyclic amines) is 1. The number of carbonyl (C=O) groups excluding carboxylic acids is 3. The van der Waals surface area contributed by atoms with Crippen molar-refractivity contribution in [2.75, 3.05) is 37.7 Å². The average Bonchev–Trinajstić information content (AvgIpc) is 3.29. The lowest BCUT2D eigenvalue weighted by Crippen LogP contribution is -2.56. The van der Waals surface area contributed by atoms with E-state index in [1.807, 2.05) is 48.2 Å². The molecule has 0 bridgehead atoms. The first-order valence-electron chi connectivity index (χ1n) is 15.6. The number of fused-ring (bicyclic) bond motifs is 2. The van der Waals surface area contributed by atoms with Gasteiger partial charge in [0.2, 0.25) is 17.7 Å². The Morgan fingerprint density at radius 3 is 2.45 bits per heavy atom. The molecule has 0 saturated carbocycles. The molecular weight excluding hydrogens is 550 g/mol. The molecular formula is C33H45N3O5S. The normalized spacial score (nSPS) is 29.5. The van der Waals surface area contributed by atoms with E-state index in [0.29, 0.717) is 32.7 Å². The van der Waals surface area contributed by atoms with Gasteiger partial charge in [-0.25, -0.2) is 0 Å². The van der Waals surface area contributed by atoms with Crippen LogP contribution in [0.3, 0.4) is 0 Å². The molecule has 4 aliphatic rings. The molecule has 8 nitrogen and oxygen atoms in total. The fourth-order valence-corrected chi connectivity index (χ4v) is 9.20. The van der Waals surface area contributed by atoms with Gasteiger partial charge in [-0.1, -0.05) is 57.9 Å². The molecule has 1 unspecified atom stereocenters. The van der Waals surface area contributed by atoms with Crippen LogP contribution in [0.25, 0.3) is 0 Å². The Bertz CT molecular complexity index is 1220. The van der Waals surface area contributed by atoms with Crippen molar-refractivity contribution in [1.29, 1.82) is 0 Å². The minimum Gasteiger partial charge on any atom is -0.494 e. The molecule has 9 heteroatoms. The van der Waals surface area contributed by atoms with Crippen molar-refractivity contribution in [3.8, 4) is 5.75 Å². The second kappa shape index (κ2) is 12.8. The number of carbonyl (C=O) groups is 3. The van der Waals surface area contributed by atoms with Gasteiger partial charge in [-0.3, -0.25) is 14.4 Å². The SMILES string of the molecule is CCCCCN1CC=C[C@]23S[C@H]4C=CCN(c5ccc(OCC)cc5)C(=O)[C@H]4[C@H]2C(=O)N([C@@H](CO)CC(C)C)C3C1=O. The summed E-state index contributed by atoms with van der Waals surface area (Å²) in [5.41, 5.74) is 0.751. The third-order valence-electron chi connectivity index (χ3n) is 9.02. The summed E-state index contributed by atoms with van der Waals surface area (Å²) in [5, 5.41) is 10.3. The number of hydrogen-bond donors (Lipinski definition) is 1. The van der Waals surface area contributed by atoms with Gasteiger partial charge >= 0.3 is 0 Å². The zero-order valence-electron chi connectivity index (χ0n) is 25.3. The first-order chi connectivity index (χ1) is 20.3. The lowest BCUT2D eigenvalue weighted by Gasteiger charge is -2.39. The molecule has 228 valence electrons. The third-order valence-corrected chi connectivity index (χ3v) is 10.8. The van der Waals surface area contributed by atoms with Gasteiger partial charge in [-0.2, -0.15) is 0 Å². The van der Waals surface area contributed by atoms with Crippen molar-refractivity contribution < 1.29 is 24.2 Å². The van der Waals surface area contributed by atoms with E-state index in [2.05, 4.69) is 32.9 Å². The molecule has 3 amide bonds. The number of anilines is 1. The van der Waals surface area contributed by atoms with Crippen molar-refractivity contribution in [2.45, 2.75) is 75.5 Å². The lowest BCUT2D eigenvalue weighted by molar-refractivity contribution is -0.146. The van der Waals surface area contributed by atoms with Crippen molar-refractivity contribution in [2.24, 2.45) is 17.8 Å². The molecule has 6 atom stereocenters. The van der Waals surface area contributed by atoms with Crippen molar-refractivity contribution in [1.82, 2.24) is 9.80 Å². The zero-order valence-corrected chi connectivity index (χ0v) is 26.1. The van der Waals surface area contributed by atoms with Gasteiger partial charge in [0.25, 0.3) is 0 Å². The van der Waals surface area contributed by atoms with Crippen LogP contribution in [0.5, 0.6) is 5.75 Å². The maximum atomic E-state index is 14.6. The summed E-state index contributed by atoms with van der Waals surface area (Å²) in [5.74, 6) is -0.727. The van der Waals surface area contributed by atoms with E-state index in [9.17, 15) is 19.5 Å². The van der Waals surface area contributed by atoms with Crippen molar-refractivity contribution >= 4 is 35.2 Å². The van der Waals surface area contributed by atoms with Crippen LogP contribution in [0.15, 0.2) is 48.6 Å². The number of thioether (sulfide) groups is 1. The van der Waals surface area contributed by atoms with E-state index in [4.69, 9.17) is 4.74 Å². The molecule has 0 aliphatic carbocycles. The number of unbranched alkanes of at least 4 members (excludes halogenated alkanes) is 2. The van der Waals surface area contributed by atoms with Gasteiger partial charge in [0.1, 0.15) is 11.8 Å². The van der Waals surface area contributed by atoms with E-state index in [1.54, 1.807) is 21.6 Å². The molecule has 4 aliphatic heterocycles.